The van der Waals surface area contributed by atoms with Crippen LogP contribution in [-0.2, 0) is 4.74 Å². The molecule has 2 rings (SSSR count). The molecule has 0 bridgehead atoms. The van der Waals surface area contributed by atoms with E-state index in [1.807, 2.05) is 0 Å². The third-order valence-corrected chi connectivity index (χ3v) is 4.23. The molecule has 0 aromatic heterocycles. The van der Waals surface area contributed by atoms with Crippen molar-refractivity contribution in [2.75, 3.05) is 26.7 Å². The van der Waals surface area contributed by atoms with E-state index in [0.717, 1.165) is 25.2 Å². The molecule has 0 aromatic carbocycles. The van der Waals surface area contributed by atoms with Crippen molar-refractivity contribution in [2.45, 2.75) is 63.6 Å². The van der Waals surface area contributed by atoms with Crippen LogP contribution < -0.4 is 5.32 Å². The van der Waals surface area contributed by atoms with Gasteiger partial charge in [-0.3, -0.25) is 0 Å². The molecular formula is C14H28N2O. The number of ether oxygens (including phenoxy) is 1. The molecule has 3 unspecified atom stereocenters. The van der Waals surface area contributed by atoms with E-state index < -0.39 is 0 Å². The van der Waals surface area contributed by atoms with Gasteiger partial charge < -0.3 is 15.0 Å². The van der Waals surface area contributed by atoms with Crippen molar-refractivity contribution < 1.29 is 4.74 Å². The van der Waals surface area contributed by atoms with E-state index in [9.17, 15) is 0 Å². The van der Waals surface area contributed by atoms with Crippen LogP contribution in [0.1, 0.15) is 45.4 Å². The van der Waals surface area contributed by atoms with Crippen LogP contribution in [-0.4, -0.2) is 49.8 Å². The minimum absolute atomic E-state index is 0.502. The van der Waals surface area contributed by atoms with Gasteiger partial charge in [-0.05, 0) is 52.1 Å². The smallest absolute Gasteiger partial charge is 0.0702 e. The molecule has 1 aliphatic carbocycles. The van der Waals surface area contributed by atoms with E-state index >= 15 is 0 Å². The summed E-state index contributed by atoms with van der Waals surface area (Å²) in [5.74, 6) is 0. The Labute approximate surface area is 106 Å². The zero-order chi connectivity index (χ0) is 12.1. The number of rotatable bonds is 6. The Bertz CT molecular complexity index is 216. The van der Waals surface area contributed by atoms with Crippen LogP contribution in [0.2, 0.25) is 0 Å². The summed E-state index contributed by atoms with van der Waals surface area (Å²) in [5, 5.41) is 3.65. The molecule has 1 aliphatic heterocycles. The van der Waals surface area contributed by atoms with Crippen LogP contribution in [0.15, 0.2) is 0 Å². The maximum Gasteiger partial charge on any atom is 0.0702 e. The van der Waals surface area contributed by atoms with E-state index in [-0.39, 0.29) is 0 Å². The van der Waals surface area contributed by atoms with Gasteiger partial charge in [-0.1, -0.05) is 6.92 Å². The first kappa shape index (κ1) is 13.3. The van der Waals surface area contributed by atoms with Crippen LogP contribution in [0.3, 0.4) is 0 Å². The monoisotopic (exact) mass is 240 g/mol. The number of nitrogens with zero attached hydrogens (tertiary/aromatic N) is 1. The Kier molecular flexibility index (Phi) is 5.26. The van der Waals surface area contributed by atoms with Gasteiger partial charge in [0.15, 0.2) is 0 Å². The lowest BCUT2D eigenvalue weighted by Crippen LogP contribution is -2.37. The van der Waals surface area contributed by atoms with Crippen molar-refractivity contribution in [3.05, 3.63) is 0 Å². The molecule has 0 amide bonds. The topological polar surface area (TPSA) is 24.5 Å². The molecule has 3 nitrogen and oxygen atoms in total. The zero-order valence-corrected chi connectivity index (χ0v) is 11.5. The highest BCUT2D eigenvalue weighted by Crippen LogP contribution is 2.24. The minimum Gasteiger partial charge on any atom is -0.377 e. The quantitative estimate of drug-likeness (QED) is 0.769. The molecule has 3 atom stereocenters. The Balaban J connectivity index is 1.67. The van der Waals surface area contributed by atoms with Crippen LogP contribution in [0.25, 0.3) is 0 Å². The first-order valence-electron chi connectivity index (χ1n) is 7.34. The molecule has 0 radical (unpaired) electrons. The van der Waals surface area contributed by atoms with Gasteiger partial charge in [0, 0.05) is 25.2 Å². The number of hydrogen-bond donors (Lipinski definition) is 1. The normalized spacial score (nSPS) is 33.7. The molecule has 1 N–H and O–H groups in total. The minimum atomic E-state index is 0.502. The summed E-state index contributed by atoms with van der Waals surface area (Å²) < 4.78 is 5.72. The van der Waals surface area contributed by atoms with Gasteiger partial charge in [-0.2, -0.15) is 0 Å². The van der Waals surface area contributed by atoms with Crippen molar-refractivity contribution in [3.63, 3.8) is 0 Å². The molecule has 1 saturated heterocycles. The Morgan fingerprint density at radius 2 is 2.18 bits per heavy atom. The van der Waals surface area contributed by atoms with E-state index in [0.29, 0.717) is 6.10 Å². The highest BCUT2D eigenvalue weighted by atomic mass is 16.5. The van der Waals surface area contributed by atoms with E-state index in [1.54, 1.807) is 0 Å². The van der Waals surface area contributed by atoms with Gasteiger partial charge in [0.25, 0.3) is 0 Å². The van der Waals surface area contributed by atoms with Gasteiger partial charge in [0.05, 0.1) is 6.10 Å². The second kappa shape index (κ2) is 6.72. The van der Waals surface area contributed by atoms with E-state index in [4.69, 9.17) is 4.74 Å². The van der Waals surface area contributed by atoms with Crippen LogP contribution >= 0.6 is 0 Å². The average molecular weight is 240 g/mol. The maximum absolute atomic E-state index is 5.72. The summed E-state index contributed by atoms with van der Waals surface area (Å²) in [6, 6.07) is 1.53. The summed E-state index contributed by atoms with van der Waals surface area (Å²) in [5.41, 5.74) is 0. The maximum atomic E-state index is 5.72. The van der Waals surface area contributed by atoms with Crippen molar-refractivity contribution in [3.8, 4) is 0 Å². The lowest BCUT2D eigenvalue weighted by Gasteiger charge is -2.27. The second-order valence-electron chi connectivity index (χ2n) is 5.69. The third kappa shape index (κ3) is 3.94. The van der Waals surface area contributed by atoms with E-state index in [2.05, 4.69) is 24.2 Å². The molecule has 17 heavy (non-hydrogen) atoms. The standard InChI is InChI=1S/C14H28N2O/c1-3-8-15-12-6-7-13(10-12)16(2)11-14-5-4-9-17-14/h12-15H,3-11H2,1-2H3. The summed E-state index contributed by atoms with van der Waals surface area (Å²) >= 11 is 0. The number of nitrogens with one attached hydrogen (secondary N) is 1. The van der Waals surface area contributed by atoms with Gasteiger partial charge in [-0.15, -0.1) is 0 Å². The molecule has 1 heterocycles. The van der Waals surface area contributed by atoms with Gasteiger partial charge >= 0.3 is 0 Å². The van der Waals surface area contributed by atoms with Crippen molar-refractivity contribution in [2.24, 2.45) is 0 Å². The highest BCUT2D eigenvalue weighted by Gasteiger charge is 2.28. The summed E-state index contributed by atoms with van der Waals surface area (Å²) in [7, 11) is 2.27. The first-order chi connectivity index (χ1) is 8.29. The van der Waals surface area contributed by atoms with Crippen LogP contribution in [0.4, 0.5) is 0 Å². The van der Waals surface area contributed by atoms with Gasteiger partial charge in [0.1, 0.15) is 0 Å². The summed E-state index contributed by atoms with van der Waals surface area (Å²) in [6.45, 7) is 5.52. The average Bonchev–Trinajstić information content (AvgIpc) is 2.96. The van der Waals surface area contributed by atoms with Crippen LogP contribution in [0, 0.1) is 0 Å². The van der Waals surface area contributed by atoms with E-state index in [1.165, 1.54) is 45.1 Å². The molecule has 0 spiro atoms. The molecule has 2 fully saturated rings. The Hall–Kier alpha value is -0.120. The fourth-order valence-corrected chi connectivity index (χ4v) is 3.15. The fraction of sp³-hybridized carbons (Fsp3) is 1.00. The van der Waals surface area contributed by atoms with Crippen molar-refractivity contribution in [1.82, 2.24) is 10.2 Å². The lowest BCUT2D eigenvalue weighted by molar-refractivity contribution is 0.0684. The van der Waals surface area contributed by atoms with Crippen molar-refractivity contribution in [1.29, 1.82) is 0 Å². The summed E-state index contributed by atoms with van der Waals surface area (Å²) in [4.78, 5) is 2.53. The largest absolute Gasteiger partial charge is 0.377 e. The molecule has 3 heteroatoms. The predicted molar refractivity (Wildman–Crippen MR) is 71.3 cm³/mol. The fourth-order valence-electron chi connectivity index (χ4n) is 3.15. The second-order valence-corrected chi connectivity index (χ2v) is 5.69. The molecular weight excluding hydrogens is 212 g/mol. The van der Waals surface area contributed by atoms with Crippen LogP contribution in [0.5, 0.6) is 0 Å². The molecule has 0 aromatic rings. The SMILES string of the molecule is CCCNC1CCC(N(C)CC2CCCO2)C1. The van der Waals surface area contributed by atoms with Gasteiger partial charge in [-0.25, -0.2) is 0 Å². The van der Waals surface area contributed by atoms with Crippen molar-refractivity contribution >= 4 is 0 Å². The molecule has 2 aliphatic rings. The molecule has 100 valence electrons. The Morgan fingerprint density at radius 1 is 1.29 bits per heavy atom. The predicted octanol–water partition coefficient (Wildman–Crippen LogP) is 2.02. The summed E-state index contributed by atoms with van der Waals surface area (Å²) in [6.07, 6.45) is 8.28. The van der Waals surface area contributed by atoms with Gasteiger partial charge in [0.2, 0.25) is 0 Å². The number of hydrogen-bond acceptors (Lipinski definition) is 3. The number of likely N-dealkylation sites (N-methyl/N-ethyl adjacent to an activating group) is 1. The molecule has 1 saturated carbocycles. The Morgan fingerprint density at radius 3 is 2.88 bits per heavy atom. The zero-order valence-electron chi connectivity index (χ0n) is 11.5. The lowest BCUT2D eigenvalue weighted by atomic mass is 10.1. The highest BCUT2D eigenvalue weighted by molar-refractivity contribution is 4.86. The first-order valence-corrected chi connectivity index (χ1v) is 7.34. The third-order valence-electron chi connectivity index (χ3n) is 4.23.